The molecule has 1 saturated heterocycles. The molecule has 1 aromatic rings. The van der Waals surface area contributed by atoms with Crippen molar-refractivity contribution in [3.63, 3.8) is 0 Å². The molecule has 0 bridgehead atoms. The number of fused-ring (bicyclic) bond motifs is 1. The van der Waals surface area contributed by atoms with Gasteiger partial charge in [-0.25, -0.2) is 0 Å². The number of carbonyl (C=O) groups is 3. The van der Waals surface area contributed by atoms with Crippen LogP contribution < -0.4 is 4.90 Å². The number of nitrogens with zero attached hydrogens (tertiary/aromatic N) is 2. The van der Waals surface area contributed by atoms with Gasteiger partial charge in [0.05, 0.1) is 22.8 Å². The van der Waals surface area contributed by atoms with Gasteiger partial charge in [-0.2, -0.15) is 0 Å². The van der Waals surface area contributed by atoms with E-state index in [2.05, 4.69) is 6.92 Å². The first kappa shape index (κ1) is 25.4. The summed E-state index contributed by atoms with van der Waals surface area (Å²) in [6, 6.07) is 7.69. The smallest absolute Gasteiger partial charge is 0.305 e. The van der Waals surface area contributed by atoms with Crippen molar-refractivity contribution >= 4 is 57.3 Å². The molecule has 0 aromatic heterocycles. The number of rotatable bonds is 12. The van der Waals surface area contributed by atoms with Gasteiger partial charge in [0.15, 0.2) is 0 Å². The lowest BCUT2D eigenvalue weighted by Crippen LogP contribution is -2.30. The Labute approximate surface area is 205 Å². The van der Waals surface area contributed by atoms with E-state index >= 15 is 0 Å². The molecule has 0 radical (unpaired) electrons. The van der Waals surface area contributed by atoms with Gasteiger partial charge in [0.1, 0.15) is 4.32 Å². The summed E-state index contributed by atoms with van der Waals surface area (Å²) in [6.45, 7) is 5.49. The van der Waals surface area contributed by atoms with Crippen LogP contribution in [-0.4, -0.2) is 46.7 Å². The number of benzene rings is 1. The van der Waals surface area contributed by atoms with Crippen molar-refractivity contribution in [2.24, 2.45) is 0 Å². The molecule has 2 heterocycles. The number of hydrogen-bond acceptors (Lipinski definition) is 6. The number of thiocarbonyl (C=S) groups is 1. The fourth-order valence-electron chi connectivity index (χ4n) is 4.11. The SMILES string of the molecule is CCCCCCN1C(=O)/C(=C2\SC(=S)N(CCCCCC(=O)OCC)C2=O)c2ccccc21. The van der Waals surface area contributed by atoms with E-state index in [1.165, 1.54) is 11.8 Å². The van der Waals surface area contributed by atoms with Gasteiger partial charge in [-0.15, -0.1) is 0 Å². The second kappa shape index (κ2) is 12.3. The Morgan fingerprint density at radius 3 is 2.36 bits per heavy atom. The van der Waals surface area contributed by atoms with Gasteiger partial charge in [0, 0.05) is 25.1 Å². The Morgan fingerprint density at radius 1 is 0.939 bits per heavy atom. The number of ether oxygens (including phenoxy) is 1. The van der Waals surface area contributed by atoms with Crippen LogP contribution in [0.25, 0.3) is 5.57 Å². The Kier molecular flexibility index (Phi) is 9.50. The molecule has 8 heteroatoms. The van der Waals surface area contributed by atoms with Gasteiger partial charge >= 0.3 is 5.97 Å². The molecular weight excluding hydrogens is 456 g/mol. The fourth-order valence-corrected chi connectivity index (χ4v) is 5.49. The summed E-state index contributed by atoms with van der Waals surface area (Å²) in [7, 11) is 0. The van der Waals surface area contributed by atoms with Crippen LogP contribution in [0.3, 0.4) is 0 Å². The van der Waals surface area contributed by atoms with Crippen LogP contribution in [0.1, 0.15) is 70.8 Å². The summed E-state index contributed by atoms with van der Waals surface area (Å²) >= 11 is 6.71. The molecule has 2 aliphatic heterocycles. The highest BCUT2D eigenvalue weighted by molar-refractivity contribution is 8.26. The summed E-state index contributed by atoms with van der Waals surface area (Å²) in [5.74, 6) is -0.491. The van der Waals surface area contributed by atoms with E-state index in [1.807, 2.05) is 29.2 Å². The normalized spacial score (nSPS) is 17.8. The van der Waals surface area contributed by atoms with Gasteiger partial charge < -0.3 is 9.64 Å². The van der Waals surface area contributed by atoms with Crippen molar-refractivity contribution in [1.82, 2.24) is 4.90 Å². The molecule has 33 heavy (non-hydrogen) atoms. The van der Waals surface area contributed by atoms with Crippen molar-refractivity contribution in [3.05, 3.63) is 34.7 Å². The minimum absolute atomic E-state index is 0.109. The Hall–Kier alpha value is -2.19. The number of carbonyl (C=O) groups excluding carboxylic acids is 3. The van der Waals surface area contributed by atoms with Gasteiger partial charge in [0.25, 0.3) is 11.8 Å². The van der Waals surface area contributed by atoms with Gasteiger partial charge in [-0.05, 0) is 32.3 Å². The minimum atomic E-state index is -0.193. The predicted molar refractivity (Wildman–Crippen MR) is 137 cm³/mol. The van der Waals surface area contributed by atoms with E-state index in [0.29, 0.717) is 47.3 Å². The topological polar surface area (TPSA) is 66.9 Å². The average Bonchev–Trinajstić information content (AvgIpc) is 3.23. The molecule has 3 rings (SSSR count). The van der Waals surface area contributed by atoms with Gasteiger partial charge in [-0.1, -0.05) is 74.8 Å². The van der Waals surface area contributed by atoms with Crippen LogP contribution in [0.2, 0.25) is 0 Å². The Balaban J connectivity index is 1.68. The first-order chi connectivity index (χ1) is 16.0. The Morgan fingerprint density at radius 2 is 1.64 bits per heavy atom. The number of para-hydroxylation sites is 1. The lowest BCUT2D eigenvalue weighted by atomic mass is 10.1. The van der Waals surface area contributed by atoms with E-state index in [0.717, 1.165) is 49.8 Å². The number of amides is 2. The predicted octanol–water partition coefficient (Wildman–Crippen LogP) is 5.31. The van der Waals surface area contributed by atoms with Crippen LogP contribution in [0.5, 0.6) is 0 Å². The summed E-state index contributed by atoms with van der Waals surface area (Å²) in [5.41, 5.74) is 2.16. The van der Waals surface area contributed by atoms with Crippen LogP contribution in [0.15, 0.2) is 29.2 Å². The zero-order chi connectivity index (χ0) is 23.8. The zero-order valence-electron chi connectivity index (χ0n) is 19.4. The highest BCUT2D eigenvalue weighted by Gasteiger charge is 2.41. The monoisotopic (exact) mass is 488 g/mol. The Bertz CT molecular complexity index is 944. The van der Waals surface area contributed by atoms with Crippen molar-refractivity contribution in [2.45, 2.75) is 65.2 Å². The molecule has 0 N–H and O–H groups in total. The lowest BCUT2D eigenvalue weighted by molar-refractivity contribution is -0.143. The van der Waals surface area contributed by atoms with E-state index in [-0.39, 0.29) is 17.8 Å². The molecule has 1 fully saturated rings. The largest absolute Gasteiger partial charge is 0.466 e. The lowest BCUT2D eigenvalue weighted by Gasteiger charge is -2.17. The van der Waals surface area contributed by atoms with Crippen molar-refractivity contribution in [3.8, 4) is 0 Å². The van der Waals surface area contributed by atoms with Crippen LogP contribution in [0.4, 0.5) is 5.69 Å². The molecule has 6 nitrogen and oxygen atoms in total. The van der Waals surface area contributed by atoms with Gasteiger partial charge in [-0.3, -0.25) is 19.3 Å². The molecule has 2 amide bonds. The van der Waals surface area contributed by atoms with Crippen molar-refractivity contribution < 1.29 is 19.1 Å². The van der Waals surface area contributed by atoms with Crippen LogP contribution in [0, 0.1) is 0 Å². The number of thioether (sulfide) groups is 1. The maximum atomic E-state index is 13.4. The van der Waals surface area contributed by atoms with E-state index in [1.54, 1.807) is 11.8 Å². The molecule has 0 aliphatic carbocycles. The third-order valence-corrected chi connectivity index (χ3v) is 7.25. The summed E-state index contributed by atoms with van der Waals surface area (Å²) < 4.78 is 5.43. The summed E-state index contributed by atoms with van der Waals surface area (Å²) in [6.07, 6.45) is 6.95. The number of esters is 1. The number of anilines is 1. The van der Waals surface area contributed by atoms with Crippen LogP contribution >= 0.6 is 24.0 Å². The third-order valence-electron chi connectivity index (χ3n) is 5.80. The number of unbranched alkanes of at least 4 members (excludes halogenated alkanes) is 5. The molecule has 0 spiro atoms. The average molecular weight is 489 g/mol. The fraction of sp³-hybridized carbons (Fsp3) is 0.520. The van der Waals surface area contributed by atoms with E-state index < -0.39 is 0 Å². The van der Waals surface area contributed by atoms with Crippen molar-refractivity contribution in [1.29, 1.82) is 0 Å². The second-order valence-electron chi connectivity index (χ2n) is 8.18. The molecule has 2 aliphatic rings. The molecule has 0 atom stereocenters. The molecule has 0 unspecified atom stereocenters. The maximum Gasteiger partial charge on any atom is 0.305 e. The first-order valence-corrected chi connectivity index (χ1v) is 13.1. The number of hydrogen-bond donors (Lipinski definition) is 0. The van der Waals surface area contributed by atoms with Gasteiger partial charge in [0.2, 0.25) is 0 Å². The molecule has 0 saturated carbocycles. The maximum absolute atomic E-state index is 13.4. The summed E-state index contributed by atoms with van der Waals surface area (Å²) in [5, 5.41) is 0. The molecule has 178 valence electrons. The van der Waals surface area contributed by atoms with E-state index in [9.17, 15) is 14.4 Å². The second-order valence-corrected chi connectivity index (χ2v) is 9.82. The standard InChI is InChI=1S/C25H32N2O4S2/c1-3-5-6-11-16-26-19-14-10-9-13-18(19)21(23(26)29)22-24(30)27(25(32)33-22)17-12-7-8-15-20(28)31-4-2/h9-10,13-14H,3-8,11-12,15-17H2,1-2H3/b22-21-. The zero-order valence-corrected chi connectivity index (χ0v) is 21.1. The summed E-state index contributed by atoms with van der Waals surface area (Å²) in [4.78, 5) is 41.9. The van der Waals surface area contributed by atoms with E-state index in [4.69, 9.17) is 17.0 Å². The first-order valence-electron chi connectivity index (χ1n) is 11.8. The molecular formula is C25H32N2O4S2. The van der Waals surface area contributed by atoms with Crippen molar-refractivity contribution in [2.75, 3.05) is 24.6 Å². The molecule has 1 aromatic carbocycles. The minimum Gasteiger partial charge on any atom is -0.466 e. The highest BCUT2D eigenvalue weighted by Crippen LogP contribution is 2.44. The third kappa shape index (κ3) is 6.03. The highest BCUT2D eigenvalue weighted by atomic mass is 32.2. The quantitative estimate of drug-likeness (QED) is 0.172. The van der Waals surface area contributed by atoms with Crippen LogP contribution in [-0.2, 0) is 19.1 Å².